The summed E-state index contributed by atoms with van der Waals surface area (Å²) < 4.78 is 5.00. The Balaban J connectivity index is 1.67. The maximum Gasteiger partial charge on any atom is 0.315 e. The van der Waals surface area contributed by atoms with Crippen molar-refractivity contribution in [2.45, 2.75) is 65.2 Å². The molecule has 24 heavy (non-hydrogen) atoms. The van der Waals surface area contributed by atoms with Gasteiger partial charge in [0.15, 0.2) is 23.0 Å². The van der Waals surface area contributed by atoms with Crippen molar-refractivity contribution in [1.29, 1.82) is 0 Å². The Morgan fingerprint density at radius 2 is 2.12 bits per heavy atom. The van der Waals surface area contributed by atoms with E-state index < -0.39 is 0 Å². The fraction of sp³-hybridized carbons (Fsp3) is 0.762. The molecule has 0 aliphatic heterocycles. The Labute approximate surface area is 160 Å². The molecule has 4 aliphatic rings. The van der Waals surface area contributed by atoms with Gasteiger partial charge in [-0.25, -0.2) is 0 Å². The molecule has 0 N–H and O–H groups in total. The monoisotopic (exact) mass is 440 g/mol. The van der Waals surface area contributed by atoms with Gasteiger partial charge in [0.1, 0.15) is 0 Å². The van der Waals surface area contributed by atoms with Crippen LogP contribution in [0.25, 0.3) is 0 Å². The number of fused-ring (bicyclic) bond motifs is 5. The lowest BCUT2D eigenvalue weighted by atomic mass is 9.45. The summed E-state index contributed by atoms with van der Waals surface area (Å²) in [6.45, 7) is 4.97. The number of rotatable bonds is 2. The lowest BCUT2D eigenvalue weighted by Crippen LogP contribution is -2.51. The molecule has 2 fully saturated rings. The van der Waals surface area contributed by atoms with Crippen LogP contribution in [-0.2, 0) is 7.86 Å². The largest absolute Gasteiger partial charge is 0.394 e. The van der Waals surface area contributed by atoms with E-state index in [1.165, 1.54) is 44.9 Å². The zero-order valence-electron chi connectivity index (χ0n) is 14.9. The van der Waals surface area contributed by atoms with Gasteiger partial charge in [-0.05, 0) is 79.4 Å². The summed E-state index contributed by atoms with van der Waals surface area (Å²) in [6.07, 6.45) is 16.9. The fourth-order valence-corrected chi connectivity index (χ4v) is 7.08. The van der Waals surface area contributed by atoms with Crippen LogP contribution in [0.1, 0.15) is 65.2 Å². The first kappa shape index (κ1) is 17.1. The summed E-state index contributed by atoms with van der Waals surface area (Å²) in [5.41, 5.74) is 2.31. The first-order valence-corrected chi connectivity index (χ1v) is 10.6. The molecule has 3 heteroatoms. The summed E-state index contributed by atoms with van der Waals surface area (Å²) in [5, 5.41) is 0. The van der Waals surface area contributed by atoms with Crippen LogP contribution in [0, 0.1) is 34.5 Å². The first-order chi connectivity index (χ1) is 11.5. The van der Waals surface area contributed by atoms with Crippen molar-refractivity contribution in [2.75, 3.05) is 0 Å². The number of carbonyl (C=O) groups is 1. The molecule has 0 heterocycles. The molecule has 0 aromatic rings. The third-order valence-corrected chi connectivity index (χ3v) is 8.70. The minimum absolute atomic E-state index is 0.0339. The van der Waals surface area contributed by atoms with Crippen LogP contribution in [-0.4, -0.2) is 5.97 Å². The van der Waals surface area contributed by atoms with Crippen LogP contribution < -0.4 is 0 Å². The van der Waals surface area contributed by atoms with Crippen molar-refractivity contribution < 1.29 is 7.86 Å². The molecule has 1 unspecified atom stereocenters. The molecule has 0 radical (unpaired) electrons. The van der Waals surface area contributed by atoms with Gasteiger partial charge in [0.25, 0.3) is 0 Å². The van der Waals surface area contributed by atoms with Crippen molar-refractivity contribution in [3.05, 3.63) is 23.8 Å². The zero-order valence-corrected chi connectivity index (χ0v) is 17.1. The Hall–Kier alpha value is -0.320. The Bertz CT molecular complexity index is 595. The van der Waals surface area contributed by atoms with E-state index in [-0.39, 0.29) is 11.4 Å². The Morgan fingerprint density at radius 3 is 2.92 bits per heavy atom. The Kier molecular flexibility index (Phi) is 4.38. The van der Waals surface area contributed by atoms with E-state index in [1.54, 1.807) is 28.6 Å². The van der Waals surface area contributed by atoms with Crippen LogP contribution in [0.2, 0.25) is 0 Å². The Morgan fingerprint density at radius 1 is 1.29 bits per heavy atom. The second kappa shape index (κ2) is 6.14. The highest BCUT2D eigenvalue weighted by molar-refractivity contribution is 14.1. The molecule has 2 nitrogen and oxygen atoms in total. The van der Waals surface area contributed by atoms with Crippen LogP contribution >= 0.6 is 23.0 Å². The minimum atomic E-state index is -0.0339. The van der Waals surface area contributed by atoms with Crippen LogP contribution in [0.4, 0.5) is 0 Å². The van der Waals surface area contributed by atoms with E-state index >= 15 is 0 Å². The molecule has 4 rings (SSSR count). The number of carbonyl (C=O) groups excluding carboxylic acids is 1. The molecular weight excluding hydrogens is 411 g/mol. The van der Waals surface area contributed by atoms with Crippen molar-refractivity contribution in [2.24, 2.45) is 34.5 Å². The maximum atomic E-state index is 12.0. The number of hydrogen-bond donors (Lipinski definition) is 0. The average Bonchev–Trinajstić information content (AvgIpc) is 2.97. The normalized spacial score (nSPS) is 46.5. The summed E-state index contributed by atoms with van der Waals surface area (Å²) >= 11 is 1.75. The van der Waals surface area contributed by atoms with Crippen LogP contribution in [0.3, 0.4) is 0 Å². The second-order valence-corrected chi connectivity index (χ2v) is 9.49. The van der Waals surface area contributed by atoms with Gasteiger partial charge < -0.3 is 3.07 Å². The SMILES string of the molecule is C[C@@]12C=CC[C@H]1[C@@H]1CC=C3CCCC(CC(=O)OI)[C@]3(C)[C@H]1CC2. The van der Waals surface area contributed by atoms with Gasteiger partial charge in [-0.3, -0.25) is 4.79 Å². The summed E-state index contributed by atoms with van der Waals surface area (Å²) in [5.74, 6) is 2.79. The van der Waals surface area contributed by atoms with Gasteiger partial charge >= 0.3 is 5.97 Å². The van der Waals surface area contributed by atoms with Crippen LogP contribution in [0.5, 0.6) is 0 Å². The highest BCUT2D eigenvalue weighted by Gasteiger charge is 2.56. The van der Waals surface area contributed by atoms with Gasteiger partial charge in [0, 0.05) is 6.42 Å². The van der Waals surface area contributed by atoms with E-state index in [1.807, 2.05) is 0 Å². The van der Waals surface area contributed by atoms with E-state index in [2.05, 4.69) is 32.1 Å². The molecule has 6 atom stereocenters. The lowest BCUT2D eigenvalue weighted by molar-refractivity contribution is -0.135. The highest BCUT2D eigenvalue weighted by atomic mass is 127. The second-order valence-electron chi connectivity index (χ2n) is 9.05. The number of allylic oxidation sites excluding steroid dienone is 4. The lowest BCUT2D eigenvalue weighted by Gasteiger charge is -2.59. The van der Waals surface area contributed by atoms with E-state index in [0.29, 0.717) is 17.8 Å². The topological polar surface area (TPSA) is 26.3 Å². The maximum absolute atomic E-state index is 12.0. The first-order valence-electron chi connectivity index (χ1n) is 9.67. The van der Waals surface area contributed by atoms with Gasteiger partial charge in [-0.15, -0.1) is 0 Å². The quantitative estimate of drug-likeness (QED) is 0.388. The smallest absolute Gasteiger partial charge is 0.315 e. The summed E-state index contributed by atoms with van der Waals surface area (Å²) in [6, 6.07) is 0. The summed E-state index contributed by atoms with van der Waals surface area (Å²) in [4.78, 5) is 12.0. The van der Waals surface area contributed by atoms with Gasteiger partial charge in [-0.2, -0.15) is 0 Å². The molecule has 0 amide bonds. The predicted octanol–water partition coefficient (Wildman–Crippen LogP) is 6.01. The molecule has 0 aromatic heterocycles. The molecule has 132 valence electrons. The minimum Gasteiger partial charge on any atom is -0.394 e. The van der Waals surface area contributed by atoms with E-state index in [0.717, 1.165) is 17.8 Å². The van der Waals surface area contributed by atoms with Gasteiger partial charge in [0.2, 0.25) is 0 Å². The molecule has 0 aromatic carbocycles. The molecule has 0 bridgehead atoms. The molecular formula is C21H29IO2. The molecule has 0 spiro atoms. The van der Waals surface area contributed by atoms with Gasteiger partial charge in [-0.1, -0.05) is 37.6 Å². The predicted molar refractivity (Wildman–Crippen MR) is 104 cm³/mol. The van der Waals surface area contributed by atoms with Gasteiger partial charge in [0.05, 0.1) is 0 Å². The third-order valence-electron chi connectivity index (χ3n) is 8.21. The van der Waals surface area contributed by atoms with Crippen molar-refractivity contribution >= 4 is 29.0 Å². The van der Waals surface area contributed by atoms with Crippen molar-refractivity contribution in [1.82, 2.24) is 0 Å². The highest BCUT2D eigenvalue weighted by Crippen LogP contribution is 2.65. The molecule has 4 aliphatic carbocycles. The van der Waals surface area contributed by atoms with Crippen molar-refractivity contribution in [3.63, 3.8) is 0 Å². The number of hydrogen-bond acceptors (Lipinski definition) is 2. The molecule has 0 saturated heterocycles. The molecule has 2 saturated carbocycles. The fourth-order valence-electron chi connectivity index (χ4n) is 6.90. The standard InChI is InChI=1S/C21H29IO2/c1-20-11-4-7-17(20)16-9-8-14-5-3-6-15(13-19(23)24-22)21(14,2)18(16)10-12-20/h4,8,11,15-18H,3,5-7,9-10,12-13H2,1-2H3/t15?,16-,17-,18-,20-,21+/m0/s1. The van der Waals surface area contributed by atoms with Crippen LogP contribution in [0.15, 0.2) is 23.8 Å². The van der Waals surface area contributed by atoms with E-state index in [4.69, 9.17) is 3.07 Å². The zero-order chi connectivity index (χ0) is 16.9. The van der Waals surface area contributed by atoms with E-state index in [9.17, 15) is 4.79 Å². The summed E-state index contributed by atoms with van der Waals surface area (Å²) in [7, 11) is 0. The van der Waals surface area contributed by atoms with Crippen molar-refractivity contribution in [3.8, 4) is 0 Å². The average molecular weight is 440 g/mol. The number of halogens is 1. The third kappa shape index (κ3) is 2.44.